The Kier molecular flexibility index (Phi) is 7.20. The largest absolute Gasteiger partial charge is 0.455 e. The van der Waals surface area contributed by atoms with Crippen molar-refractivity contribution in [2.75, 3.05) is 0 Å². The van der Waals surface area contributed by atoms with Crippen LogP contribution in [0.5, 0.6) is 0 Å². The first-order valence-corrected chi connectivity index (χ1v) is 19.7. The summed E-state index contributed by atoms with van der Waals surface area (Å²) in [5, 5.41) is 9.47. The zero-order chi connectivity index (χ0) is 38.2. The zero-order valence-corrected chi connectivity index (χ0v) is 31.3. The molecule has 58 heavy (non-hydrogen) atoms. The fraction of sp³-hybridized carbons (Fsp3) is 0. The van der Waals surface area contributed by atoms with E-state index in [0.717, 1.165) is 72.3 Å². The second-order valence-corrected chi connectivity index (χ2v) is 14.9. The molecule has 0 aliphatic carbocycles. The van der Waals surface area contributed by atoms with E-state index in [2.05, 4.69) is 174 Å². The van der Waals surface area contributed by atoms with Crippen molar-refractivity contribution in [2.24, 2.45) is 0 Å². The fourth-order valence-electron chi connectivity index (χ4n) is 8.94. The molecule has 0 saturated heterocycles. The molecule has 0 amide bonds. The Bertz CT molecular complexity index is 3520. The van der Waals surface area contributed by atoms with Gasteiger partial charge in [0.2, 0.25) is 0 Å². The van der Waals surface area contributed by atoms with Crippen molar-refractivity contribution in [3.8, 4) is 50.7 Å². The highest BCUT2D eigenvalue weighted by atomic mass is 16.3. The maximum absolute atomic E-state index is 6.57. The summed E-state index contributed by atoms with van der Waals surface area (Å²) < 4.78 is 8.97. The summed E-state index contributed by atoms with van der Waals surface area (Å²) in [6.45, 7) is 0. The van der Waals surface area contributed by atoms with Crippen molar-refractivity contribution in [3.63, 3.8) is 0 Å². The van der Waals surface area contributed by atoms with E-state index in [1.807, 2.05) is 30.3 Å². The zero-order valence-electron chi connectivity index (χ0n) is 31.3. The van der Waals surface area contributed by atoms with E-state index in [1.165, 1.54) is 37.9 Å². The standard InChI is InChI=1S/C54H33N3O/c1-2-15-34(16-3-1)54-55-48(33-49(56-54)46-25-14-24-45-44-23-10-13-28-52(44)58-53(45)46)37-29-36(47-32-35-17-4-5-18-39(35)40-19-6-7-20-41(40)47)30-38(31-37)57-50-26-11-8-21-42(50)43-22-9-12-27-51(43)57/h1-33H. The Labute approximate surface area is 333 Å². The molecular weight excluding hydrogens is 707 g/mol. The third-order valence-corrected chi connectivity index (χ3v) is 11.6. The number of benzene rings is 9. The molecule has 0 unspecified atom stereocenters. The first-order chi connectivity index (χ1) is 28.7. The molecule has 270 valence electrons. The molecule has 0 radical (unpaired) electrons. The van der Waals surface area contributed by atoms with Crippen LogP contribution in [0.2, 0.25) is 0 Å². The molecule has 4 heteroatoms. The molecule has 12 rings (SSSR count). The van der Waals surface area contributed by atoms with E-state index in [0.29, 0.717) is 5.82 Å². The Morgan fingerprint density at radius 2 is 0.966 bits per heavy atom. The average Bonchev–Trinajstić information content (AvgIpc) is 3.85. The summed E-state index contributed by atoms with van der Waals surface area (Å²) in [6.07, 6.45) is 0. The topological polar surface area (TPSA) is 43.9 Å². The van der Waals surface area contributed by atoms with Gasteiger partial charge in [0.15, 0.2) is 5.82 Å². The molecule has 0 saturated carbocycles. The fourth-order valence-corrected chi connectivity index (χ4v) is 8.94. The Hall–Kier alpha value is -7.82. The Morgan fingerprint density at radius 3 is 1.76 bits per heavy atom. The van der Waals surface area contributed by atoms with Gasteiger partial charge in [-0.3, -0.25) is 0 Å². The van der Waals surface area contributed by atoms with E-state index < -0.39 is 0 Å². The summed E-state index contributed by atoms with van der Waals surface area (Å²) in [4.78, 5) is 10.6. The van der Waals surface area contributed by atoms with Gasteiger partial charge in [-0.05, 0) is 87.3 Å². The number of hydrogen-bond donors (Lipinski definition) is 0. The predicted octanol–water partition coefficient (Wildman–Crippen LogP) is 14.4. The van der Waals surface area contributed by atoms with E-state index in [1.54, 1.807) is 0 Å². The van der Waals surface area contributed by atoms with Crippen LogP contribution < -0.4 is 0 Å². The lowest BCUT2D eigenvalue weighted by atomic mass is 9.91. The van der Waals surface area contributed by atoms with E-state index in [-0.39, 0.29) is 0 Å². The minimum absolute atomic E-state index is 0.654. The average molecular weight is 740 g/mol. The number of fused-ring (bicyclic) bond motifs is 9. The molecule has 9 aromatic carbocycles. The summed E-state index contributed by atoms with van der Waals surface area (Å²) in [5.74, 6) is 0.654. The van der Waals surface area contributed by atoms with Crippen LogP contribution in [-0.2, 0) is 0 Å². The van der Waals surface area contributed by atoms with Gasteiger partial charge in [-0.1, -0.05) is 146 Å². The summed E-state index contributed by atoms with van der Waals surface area (Å²) >= 11 is 0. The monoisotopic (exact) mass is 739 g/mol. The van der Waals surface area contributed by atoms with Crippen molar-refractivity contribution >= 4 is 65.3 Å². The van der Waals surface area contributed by atoms with Gasteiger partial charge in [0.1, 0.15) is 11.2 Å². The highest BCUT2D eigenvalue weighted by Gasteiger charge is 2.20. The molecule has 0 fully saturated rings. The molecule has 0 N–H and O–H groups in total. The van der Waals surface area contributed by atoms with Gasteiger partial charge in [0.05, 0.1) is 22.4 Å². The number of rotatable bonds is 5. The quantitative estimate of drug-likeness (QED) is 0.165. The first kappa shape index (κ1) is 32.4. The Balaban J connectivity index is 1.17. The van der Waals surface area contributed by atoms with Gasteiger partial charge in [-0.2, -0.15) is 0 Å². The van der Waals surface area contributed by atoms with E-state index in [4.69, 9.17) is 14.4 Å². The lowest BCUT2D eigenvalue weighted by molar-refractivity contribution is 0.670. The van der Waals surface area contributed by atoms with Gasteiger partial charge in [0.25, 0.3) is 0 Å². The maximum Gasteiger partial charge on any atom is 0.160 e. The highest BCUT2D eigenvalue weighted by molar-refractivity contribution is 6.15. The van der Waals surface area contributed by atoms with Gasteiger partial charge in [-0.25, -0.2) is 9.97 Å². The molecule has 0 aliphatic rings. The minimum atomic E-state index is 0.654. The molecule has 0 bridgehead atoms. The van der Waals surface area contributed by atoms with Gasteiger partial charge >= 0.3 is 0 Å². The maximum atomic E-state index is 6.57. The van der Waals surface area contributed by atoms with Crippen LogP contribution >= 0.6 is 0 Å². The molecule has 3 aromatic heterocycles. The summed E-state index contributed by atoms with van der Waals surface area (Å²) in [6, 6.07) is 71.0. The van der Waals surface area contributed by atoms with Gasteiger partial charge in [-0.15, -0.1) is 0 Å². The molecule has 4 nitrogen and oxygen atoms in total. The lowest BCUT2D eigenvalue weighted by Gasteiger charge is -2.17. The van der Waals surface area contributed by atoms with E-state index >= 15 is 0 Å². The van der Waals surface area contributed by atoms with Crippen molar-refractivity contribution in [2.45, 2.75) is 0 Å². The van der Waals surface area contributed by atoms with Crippen LogP contribution in [0.4, 0.5) is 0 Å². The summed E-state index contributed by atoms with van der Waals surface area (Å²) in [7, 11) is 0. The number of furan rings is 1. The molecule has 3 heterocycles. The number of aromatic nitrogens is 3. The molecule has 0 atom stereocenters. The van der Waals surface area contributed by atoms with Gasteiger partial charge in [0, 0.05) is 43.9 Å². The van der Waals surface area contributed by atoms with Crippen LogP contribution in [0.25, 0.3) is 116 Å². The minimum Gasteiger partial charge on any atom is -0.455 e. The lowest BCUT2D eigenvalue weighted by Crippen LogP contribution is -1.99. The number of nitrogens with zero attached hydrogens (tertiary/aromatic N) is 3. The van der Waals surface area contributed by atoms with Crippen molar-refractivity contribution in [3.05, 3.63) is 200 Å². The van der Waals surface area contributed by atoms with Crippen LogP contribution in [0.1, 0.15) is 0 Å². The van der Waals surface area contributed by atoms with Gasteiger partial charge < -0.3 is 8.98 Å². The van der Waals surface area contributed by atoms with Crippen molar-refractivity contribution in [1.29, 1.82) is 0 Å². The molecular formula is C54H33N3O. The van der Waals surface area contributed by atoms with Crippen molar-refractivity contribution < 1.29 is 4.42 Å². The molecule has 0 spiro atoms. The van der Waals surface area contributed by atoms with Crippen LogP contribution in [-0.4, -0.2) is 14.5 Å². The SMILES string of the molecule is c1ccc(-c2nc(-c3cc(-c4cc5ccccc5c5ccccc45)cc(-n4c5ccccc5c5ccccc54)c3)cc(-c3cccc4c3oc3ccccc34)n2)cc1. The number of para-hydroxylation sites is 4. The first-order valence-electron chi connectivity index (χ1n) is 19.7. The smallest absolute Gasteiger partial charge is 0.160 e. The second-order valence-electron chi connectivity index (χ2n) is 14.9. The van der Waals surface area contributed by atoms with Crippen LogP contribution in [0, 0.1) is 0 Å². The van der Waals surface area contributed by atoms with Crippen molar-refractivity contribution in [1.82, 2.24) is 14.5 Å². The third-order valence-electron chi connectivity index (χ3n) is 11.6. The van der Waals surface area contributed by atoms with Crippen LogP contribution in [0.15, 0.2) is 205 Å². The Morgan fingerprint density at radius 1 is 0.362 bits per heavy atom. The third kappa shape index (κ3) is 5.09. The van der Waals surface area contributed by atoms with Crippen LogP contribution in [0.3, 0.4) is 0 Å². The summed E-state index contributed by atoms with van der Waals surface area (Å²) in [5.41, 5.74) is 11.8. The normalized spacial score (nSPS) is 11.8. The highest BCUT2D eigenvalue weighted by Crippen LogP contribution is 2.41. The molecule has 12 aromatic rings. The van der Waals surface area contributed by atoms with E-state index in [9.17, 15) is 0 Å². The number of hydrogen-bond acceptors (Lipinski definition) is 3. The molecule has 0 aliphatic heterocycles. The second kappa shape index (κ2) is 12.9. The predicted molar refractivity (Wildman–Crippen MR) is 240 cm³/mol.